The Morgan fingerprint density at radius 2 is 2.11 bits per heavy atom. The van der Waals surface area contributed by atoms with Crippen LogP contribution in [0, 0.1) is 5.92 Å². The molecule has 0 spiro atoms. The van der Waals surface area contributed by atoms with Gasteiger partial charge < -0.3 is 15.4 Å². The summed E-state index contributed by atoms with van der Waals surface area (Å²) in [5.74, 6) is 1.38. The van der Waals surface area contributed by atoms with E-state index >= 15 is 0 Å². The first-order valence-electron chi connectivity index (χ1n) is 6.45. The quantitative estimate of drug-likeness (QED) is 0.841. The SMILES string of the molecule is CC(C)Oc1ccccc1NC(=O)NCC1CC1. The molecule has 0 aromatic heterocycles. The number of nitrogens with one attached hydrogen (secondary N) is 2. The highest BCUT2D eigenvalue weighted by Crippen LogP contribution is 2.28. The summed E-state index contributed by atoms with van der Waals surface area (Å²) in [6, 6.07) is 7.31. The van der Waals surface area contributed by atoms with Crippen molar-refractivity contribution in [2.24, 2.45) is 5.92 Å². The van der Waals surface area contributed by atoms with Gasteiger partial charge in [0.15, 0.2) is 0 Å². The Morgan fingerprint density at radius 1 is 1.39 bits per heavy atom. The van der Waals surface area contributed by atoms with Gasteiger partial charge in [0.05, 0.1) is 11.8 Å². The molecule has 2 N–H and O–H groups in total. The van der Waals surface area contributed by atoms with Gasteiger partial charge in [-0.15, -0.1) is 0 Å². The lowest BCUT2D eigenvalue weighted by atomic mass is 10.3. The van der Waals surface area contributed by atoms with Gasteiger partial charge in [0.1, 0.15) is 5.75 Å². The monoisotopic (exact) mass is 248 g/mol. The number of urea groups is 1. The minimum Gasteiger partial charge on any atom is -0.489 e. The Labute approximate surface area is 108 Å². The van der Waals surface area contributed by atoms with Gasteiger partial charge in [0.25, 0.3) is 0 Å². The first kappa shape index (κ1) is 12.7. The summed E-state index contributed by atoms with van der Waals surface area (Å²) in [6.07, 6.45) is 2.54. The van der Waals surface area contributed by atoms with Crippen LogP contribution in [0.2, 0.25) is 0 Å². The molecule has 0 unspecified atom stereocenters. The molecule has 1 saturated carbocycles. The molecule has 0 saturated heterocycles. The molecule has 2 rings (SSSR count). The number of carbonyl (C=O) groups is 1. The van der Waals surface area contributed by atoms with Gasteiger partial charge in [-0.1, -0.05) is 12.1 Å². The van der Waals surface area contributed by atoms with Crippen molar-refractivity contribution in [2.45, 2.75) is 32.8 Å². The maximum absolute atomic E-state index is 11.7. The van der Waals surface area contributed by atoms with Gasteiger partial charge in [-0.3, -0.25) is 0 Å². The minimum atomic E-state index is -0.165. The molecule has 4 heteroatoms. The maximum atomic E-state index is 11.7. The molecule has 1 aliphatic carbocycles. The lowest BCUT2D eigenvalue weighted by Crippen LogP contribution is -2.30. The molecular formula is C14H20N2O2. The lowest BCUT2D eigenvalue weighted by Gasteiger charge is -2.15. The van der Waals surface area contributed by atoms with Gasteiger partial charge in [-0.05, 0) is 44.7 Å². The highest BCUT2D eigenvalue weighted by atomic mass is 16.5. The van der Waals surface area contributed by atoms with Crippen LogP contribution in [0.15, 0.2) is 24.3 Å². The van der Waals surface area contributed by atoms with Gasteiger partial charge in [-0.25, -0.2) is 4.79 Å². The van der Waals surface area contributed by atoms with E-state index in [1.807, 2.05) is 38.1 Å². The number of hydrogen-bond acceptors (Lipinski definition) is 2. The first-order valence-corrected chi connectivity index (χ1v) is 6.45. The number of carbonyl (C=O) groups excluding carboxylic acids is 1. The number of amides is 2. The van der Waals surface area contributed by atoms with E-state index in [1.54, 1.807) is 0 Å². The fourth-order valence-corrected chi connectivity index (χ4v) is 1.65. The molecule has 0 bridgehead atoms. The smallest absolute Gasteiger partial charge is 0.319 e. The molecule has 0 heterocycles. The molecule has 2 amide bonds. The molecule has 4 nitrogen and oxygen atoms in total. The predicted molar refractivity (Wildman–Crippen MR) is 72.0 cm³/mol. The summed E-state index contributed by atoms with van der Waals surface area (Å²) in [5.41, 5.74) is 0.708. The first-order chi connectivity index (χ1) is 8.65. The van der Waals surface area contributed by atoms with E-state index in [4.69, 9.17) is 4.74 Å². The highest BCUT2D eigenvalue weighted by Gasteiger charge is 2.21. The summed E-state index contributed by atoms with van der Waals surface area (Å²) in [4.78, 5) is 11.7. The molecule has 0 atom stereocenters. The van der Waals surface area contributed by atoms with Crippen LogP contribution in [-0.2, 0) is 0 Å². The molecule has 1 aromatic carbocycles. The van der Waals surface area contributed by atoms with Crippen LogP contribution < -0.4 is 15.4 Å². The van der Waals surface area contributed by atoms with E-state index in [1.165, 1.54) is 12.8 Å². The number of ether oxygens (including phenoxy) is 1. The average Bonchev–Trinajstić information content (AvgIpc) is 3.12. The molecule has 0 aliphatic heterocycles. The lowest BCUT2D eigenvalue weighted by molar-refractivity contribution is 0.241. The molecule has 18 heavy (non-hydrogen) atoms. The number of benzene rings is 1. The van der Waals surface area contributed by atoms with Gasteiger partial charge in [0.2, 0.25) is 0 Å². The van der Waals surface area contributed by atoms with E-state index in [9.17, 15) is 4.79 Å². The largest absolute Gasteiger partial charge is 0.489 e. The number of rotatable bonds is 5. The van der Waals surface area contributed by atoms with E-state index in [0.29, 0.717) is 17.4 Å². The molecule has 1 fully saturated rings. The fourth-order valence-electron chi connectivity index (χ4n) is 1.65. The van der Waals surface area contributed by atoms with Crippen molar-refractivity contribution in [2.75, 3.05) is 11.9 Å². The summed E-state index contributed by atoms with van der Waals surface area (Å²) in [7, 11) is 0. The zero-order valence-electron chi connectivity index (χ0n) is 10.9. The van der Waals surface area contributed by atoms with E-state index in [2.05, 4.69) is 10.6 Å². The van der Waals surface area contributed by atoms with E-state index in [0.717, 1.165) is 6.54 Å². The number of anilines is 1. The van der Waals surface area contributed by atoms with Crippen molar-refractivity contribution in [3.63, 3.8) is 0 Å². The zero-order chi connectivity index (χ0) is 13.0. The molecule has 1 aromatic rings. The van der Waals surface area contributed by atoms with Crippen LogP contribution >= 0.6 is 0 Å². The summed E-state index contributed by atoms with van der Waals surface area (Å²) in [6.45, 7) is 4.69. The van der Waals surface area contributed by atoms with Crippen molar-refractivity contribution in [1.29, 1.82) is 0 Å². The van der Waals surface area contributed by atoms with Crippen molar-refractivity contribution in [1.82, 2.24) is 5.32 Å². The van der Waals surface area contributed by atoms with Crippen LogP contribution in [0.25, 0.3) is 0 Å². The van der Waals surface area contributed by atoms with Crippen LogP contribution in [-0.4, -0.2) is 18.7 Å². The summed E-state index contributed by atoms with van der Waals surface area (Å²) < 4.78 is 5.64. The Balaban J connectivity index is 1.91. The normalized spacial score (nSPS) is 14.4. The second-order valence-corrected chi connectivity index (χ2v) is 4.94. The van der Waals surface area contributed by atoms with Crippen molar-refractivity contribution >= 4 is 11.7 Å². The van der Waals surface area contributed by atoms with Crippen LogP contribution in [0.4, 0.5) is 10.5 Å². The minimum absolute atomic E-state index is 0.0856. The number of para-hydroxylation sites is 2. The fraction of sp³-hybridized carbons (Fsp3) is 0.500. The summed E-state index contributed by atoms with van der Waals surface area (Å²) >= 11 is 0. The van der Waals surface area contributed by atoms with Gasteiger partial charge >= 0.3 is 6.03 Å². The summed E-state index contributed by atoms with van der Waals surface area (Å²) in [5, 5.41) is 5.69. The van der Waals surface area contributed by atoms with E-state index in [-0.39, 0.29) is 12.1 Å². The van der Waals surface area contributed by atoms with Crippen LogP contribution in [0.5, 0.6) is 5.75 Å². The third-order valence-electron chi connectivity index (χ3n) is 2.75. The Hall–Kier alpha value is -1.71. The van der Waals surface area contributed by atoms with Gasteiger partial charge in [-0.2, -0.15) is 0 Å². The van der Waals surface area contributed by atoms with Crippen LogP contribution in [0.1, 0.15) is 26.7 Å². The molecule has 98 valence electrons. The van der Waals surface area contributed by atoms with Crippen LogP contribution in [0.3, 0.4) is 0 Å². The molecular weight excluding hydrogens is 228 g/mol. The highest BCUT2D eigenvalue weighted by molar-refractivity contribution is 5.90. The van der Waals surface area contributed by atoms with Crippen molar-refractivity contribution in [3.05, 3.63) is 24.3 Å². The van der Waals surface area contributed by atoms with Gasteiger partial charge in [0, 0.05) is 6.54 Å². The Morgan fingerprint density at radius 3 is 2.78 bits per heavy atom. The Kier molecular flexibility index (Phi) is 4.07. The second-order valence-electron chi connectivity index (χ2n) is 4.94. The Bertz CT molecular complexity index is 414. The standard InChI is InChI=1S/C14H20N2O2/c1-10(2)18-13-6-4-3-5-12(13)16-14(17)15-9-11-7-8-11/h3-6,10-11H,7-9H2,1-2H3,(H2,15,16,17). The molecule has 0 radical (unpaired) electrons. The van der Waals surface area contributed by atoms with Crippen molar-refractivity contribution < 1.29 is 9.53 Å². The second kappa shape index (κ2) is 5.76. The predicted octanol–water partition coefficient (Wildman–Crippen LogP) is 3.01. The average molecular weight is 248 g/mol. The number of hydrogen-bond donors (Lipinski definition) is 2. The molecule has 1 aliphatic rings. The topological polar surface area (TPSA) is 50.4 Å². The maximum Gasteiger partial charge on any atom is 0.319 e. The van der Waals surface area contributed by atoms with E-state index < -0.39 is 0 Å². The third-order valence-corrected chi connectivity index (χ3v) is 2.75. The zero-order valence-corrected chi connectivity index (χ0v) is 10.9. The van der Waals surface area contributed by atoms with Crippen molar-refractivity contribution in [3.8, 4) is 5.75 Å². The third kappa shape index (κ3) is 3.95.